The molecule has 0 radical (unpaired) electrons. The minimum absolute atomic E-state index is 0.221. The Morgan fingerprint density at radius 1 is 0.519 bits per heavy atom. The molecule has 10 rings (SSSR count). The molecule has 0 saturated carbocycles. The van der Waals surface area contributed by atoms with Crippen molar-refractivity contribution in [2.24, 2.45) is 0 Å². The first-order valence-electron chi connectivity index (χ1n) is 18.3. The van der Waals surface area contributed by atoms with E-state index in [0.29, 0.717) is 11.4 Å². The molecule has 0 fully saturated rings. The van der Waals surface area contributed by atoms with Crippen molar-refractivity contribution in [2.45, 2.75) is 19.3 Å². The van der Waals surface area contributed by atoms with Crippen LogP contribution in [0.1, 0.15) is 30.5 Å². The van der Waals surface area contributed by atoms with Gasteiger partial charge in [-0.05, 0) is 75.8 Å². The number of aromatic nitrogens is 3. The van der Waals surface area contributed by atoms with E-state index < -0.39 is 0 Å². The number of nitrogens with zero attached hydrogens (tertiary/aromatic N) is 4. The number of benzene rings is 7. The highest BCUT2D eigenvalue weighted by atomic mass is 15.0. The van der Waals surface area contributed by atoms with Gasteiger partial charge in [-0.15, -0.1) is 0 Å². The van der Waals surface area contributed by atoms with Gasteiger partial charge in [0, 0.05) is 38.6 Å². The quantitative estimate of drug-likeness (QED) is 0.181. The van der Waals surface area contributed by atoms with Crippen LogP contribution in [-0.2, 0) is 5.41 Å². The topological polar surface area (TPSA) is 54.5 Å². The van der Waals surface area contributed by atoms with E-state index in [1.807, 2.05) is 54.6 Å². The van der Waals surface area contributed by atoms with E-state index >= 15 is 0 Å². The van der Waals surface area contributed by atoms with Crippen LogP contribution in [0.15, 0.2) is 170 Å². The summed E-state index contributed by atoms with van der Waals surface area (Å²) in [6.07, 6.45) is 0. The van der Waals surface area contributed by atoms with Gasteiger partial charge in [0.15, 0.2) is 5.82 Å². The van der Waals surface area contributed by atoms with E-state index in [1.165, 1.54) is 38.5 Å². The molecule has 0 spiro atoms. The van der Waals surface area contributed by atoms with Crippen molar-refractivity contribution in [1.29, 1.82) is 5.26 Å². The smallest absolute Gasteiger partial charge is 0.160 e. The molecule has 54 heavy (non-hydrogen) atoms. The van der Waals surface area contributed by atoms with Gasteiger partial charge in [-0.25, -0.2) is 9.97 Å². The number of nitriles is 1. The second-order valence-corrected chi connectivity index (χ2v) is 14.6. The van der Waals surface area contributed by atoms with Crippen molar-refractivity contribution in [3.63, 3.8) is 0 Å². The highest BCUT2D eigenvalue weighted by molar-refractivity contribution is 6.13. The normalized spacial score (nSPS) is 12.8. The van der Waals surface area contributed by atoms with E-state index in [2.05, 4.69) is 140 Å². The largest absolute Gasteiger partial charge is 0.309 e. The molecule has 0 unspecified atom stereocenters. The zero-order valence-electron chi connectivity index (χ0n) is 30.0. The van der Waals surface area contributed by atoms with E-state index in [-0.39, 0.29) is 5.41 Å². The van der Waals surface area contributed by atoms with Crippen molar-refractivity contribution in [2.75, 3.05) is 0 Å². The molecule has 2 heterocycles. The predicted molar refractivity (Wildman–Crippen MR) is 220 cm³/mol. The Hall–Kier alpha value is -7.09. The fraction of sp³-hybridized carbons (Fsp3) is 0.0600. The number of hydrogen-bond acceptors (Lipinski definition) is 3. The van der Waals surface area contributed by atoms with Gasteiger partial charge in [-0.1, -0.05) is 141 Å². The molecule has 1 aliphatic carbocycles. The zero-order chi connectivity index (χ0) is 36.4. The SMILES string of the molecule is CC1(C)c2ccccc2-c2ccc3c4ccccc4n(-c4cc(-c5cccc(C#N)c5)cc(-c5cc(-c6ccccc6)nc(-c6ccccc6)n5)c4)c3c21. The van der Waals surface area contributed by atoms with Crippen LogP contribution in [0.3, 0.4) is 0 Å². The molecule has 4 heteroatoms. The summed E-state index contributed by atoms with van der Waals surface area (Å²) in [5.74, 6) is 0.666. The minimum atomic E-state index is -0.221. The summed E-state index contributed by atoms with van der Waals surface area (Å²) < 4.78 is 2.45. The van der Waals surface area contributed by atoms with E-state index in [9.17, 15) is 5.26 Å². The first kappa shape index (κ1) is 31.6. The van der Waals surface area contributed by atoms with E-state index in [4.69, 9.17) is 9.97 Å². The van der Waals surface area contributed by atoms with Crippen molar-refractivity contribution in [1.82, 2.24) is 14.5 Å². The van der Waals surface area contributed by atoms with Crippen LogP contribution in [0.2, 0.25) is 0 Å². The predicted octanol–water partition coefficient (Wildman–Crippen LogP) is 12.4. The summed E-state index contributed by atoms with van der Waals surface area (Å²) in [5.41, 5.74) is 15.6. The fourth-order valence-electron chi connectivity index (χ4n) is 8.47. The number of hydrogen-bond donors (Lipinski definition) is 0. The summed E-state index contributed by atoms with van der Waals surface area (Å²) in [7, 11) is 0. The van der Waals surface area contributed by atoms with Crippen molar-refractivity contribution in [3.05, 3.63) is 187 Å². The third-order valence-corrected chi connectivity index (χ3v) is 11.0. The Morgan fingerprint density at radius 2 is 1.19 bits per heavy atom. The second kappa shape index (κ2) is 12.3. The highest BCUT2D eigenvalue weighted by Gasteiger charge is 2.38. The lowest BCUT2D eigenvalue weighted by molar-refractivity contribution is 0.664. The Labute approximate surface area is 314 Å². The summed E-state index contributed by atoms with van der Waals surface area (Å²) >= 11 is 0. The number of fused-ring (bicyclic) bond motifs is 7. The van der Waals surface area contributed by atoms with Crippen LogP contribution in [0.4, 0.5) is 0 Å². The maximum Gasteiger partial charge on any atom is 0.160 e. The van der Waals surface area contributed by atoms with Gasteiger partial charge in [0.05, 0.1) is 34.1 Å². The molecule has 0 atom stereocenters. The first-order chi connectivity index (χ1) is 26.5. The maximum absolute atomic E-state index is 9.90. The van der Waals surface area contributed by atoms with Gasteiger partial charge in [0.25, 0.3) is 0 Å². The molecule has 0 amide bonds. The van der Waals surface area contributed by atoms with Crippen LogP contribution >= 0.6 is 0 Å². The van der Waals surface area contributed by atoms with Crippen molar-refractivity contribution < 1.29 is 0 Å². The van der Waals surface area contributed by atoms with Crippen molar-refractivity contribution >= 4 is 21.8 Å². The Balaban J connectivity index is 1.30. The van der Waals surface area contributed by atoms with Crippen molar-refractivity contribution in [3.8, 4) is 67.9 Å². The molecular weight excluding hydrogens is 657 g/mol. The van der Waals surface area contributed by atoms with Crippen LogP contribution < -0.4 is 0 Å². The number of para-hydroxylation sites is 1. The Morgan fingerprint density at radius 3 is 1.98 bits per heavy atom. The molecule has 7 aromatic carbocycles. The van der Waals surface area contributed by atoms with Crippen LogP contribution in [-0.4, -0.2) is 14.5 Å². The summed E-state index contributed by atoms with van der Waals surface area (Å²) in [6, 6.07) is 61.7. The molecule has 4 nitrogen and oxygen atoms in total. The molecule has 0 bridgehead atoms. The number of rotatable bonds is 5. The fourth-order valence-corrected chi connectivity index (χ4v) is 8.47. The van der Waals surface area contributed by atoms with Gasteiger partial charge < -0.3 is 4.57 Å². The zero-order valence-corrected chi connectivity index (χ0v) is 30.0. The molecule has 0 N–H and O–H groups in total. The lowest BCUT2D eigenvalue weighted by Crippen LogP contribution is -2.16. The van der Waals surface area contributed by atoms with E-state index in [0.717, 1.165) is 50.4 Å². The molecule has 1 aliphatic rings. The average molecular weight is 691 g/mol. The average Bonchev–Trinajstić information content (AvgIpc) is 3.69. The molecule has 9 aromatic rings. The van der Waals surface area contributed by atoms with Crippen LogP contribution in [0.5, 0.6) is 0 Å². The molecule has 2 aromatic heterocycles. The Bertz CT molecular complexity index is 2910. The van der Waals surface area contributed by atoms with Gasteiger partial charge in [0.2, 0.25) is 0 Å². The molecule has 0 saturated heterocycles. The Kier molecular flexibility index (Phi) is 7.18. The van der Waals surface area contributed by atoms with Gasteiger partial charge >= 0.3 is 0 Å². The summed E-state index contributed by atoms with van der Waals surface area (Å²) in [5, 5.41) is 12.3. The highest BCUT2D eigenvalue weighted by Crippen LogP contribution is 2.53. The summed E-state index contributed by atoms with van der Waals surface area (Å²) in [6.45, 7) is 4.71. The molecule has 254 valence electrons. The van der Waals surface area contributed by atoms with Crippen LogP contribution in [0, 0.1) is 11.3 Å². The van der Waals surface area contributed by atoms with Gasteiger partial charge in [-0.3, -0.25) is 0 Å². The monoisotopic (exact) mass is 690 g/mol. The van der Waals surface area contributed by atoms with Gasteiger partial charge in [-0.2, -0.15) is 5.26 Å². The third-order valence-electron chi connectivity index (χ3n) is 11.0. The summed E-state index contributed by atoms with van der Waals surface area (Å²) in [4.78, 5) is 10.3. The molecular formula is C50H34N4. The lowest BCUT2D eigenvalue weighted by Gasteiger charge is -2.24. The first-order valence-corrected chi connectivity index (χ1v) is 18.3. The maximum atomic E-state index is 9.90. The molecule has 0 aliphatic heterocycles. The standard InChI is InChI=1S/C50H34N4/c1-50(2)43-22-11-9-20-39(43)41-24-25-42-40-21-10-12-23-46(40)54(48(42)47(41)50)38-28-36(35-19-13-14-32(26-35)31-51)27-37(29-38)45-30-44(33-15-5-3-6-16-33)52-49(53-45)34-17-7-4-8-18-34/h3-30H,1-2H3. The lowest BCUT2D eigenvalue weighted by atomic mass is 9.81. The minimum Gasteiger partial charge on any atom is -0.309 e. The second-order valence-electron chi connectivity index (χ2n) is 14.6. The van der Waals surface area contributed by atoms with Gasteiger partial charge in [0.1, 0.15) is 0 Å². The third kappa shape index (κ3) is 4.98. The van der Waals surface area contributed by atoms with Crippen LogP contribution in [0.25, 0.3) is 83.6 Å². The van der Waals surface area contributed by atoms with E-state index in [1.54, 1.807) is 0 Å².